The Morgan fingerprint density at radius 1 is 1.41 bits per heavy atom. The van der Waals surface area contributed by atoms with E-state index in [-0.39, 0.29) is 5.56 Å². The standard InChI is InChI=1S/C11H15BrN4O/c1-14(2)4-5-16-6-8-10(13-16)9(12)7-15(3)11(8)17/h6-7H,4-5H2,1-3H3. The smallest absolute Gasteiger partial charge is 0.261 e. The lowest BCUT2D eigenvalue weighted by atomic mass is 10.3. The first-order valence-electron chi connectivity index (χ1n) is 5.36. The van der Waals surface area contributed by atoms with Crippen molar-refractivity contribution in [2.75, 3.05) is 20.6 Å². The van der Waals surface area contributed by atoms with Crippen LogP contribution in [0.1, 0.15) is 0 Å². The summed E-state index contributed by atoms with van der Waals surface area (Å²) >= 11 is 3.43. The van der Waals surface area contributed by atoms with Gasteiger partial charge in [0.25, 0.3) is 5.56 Å². The molecule has 0 radical (unpaired) electrons. The summed E-state index contributed by atoms with van der Waals surface area (Å²) in [5.74, 6) is 0. The minimum Gasteiger partial charge on any atom is -0.317 e. The Labute approximate surface area is 108 Å². The number of aromatic nitrogens is 3. The molecule has 0 aliphatic heterocycles. The van der Waals surface area contributed by atoms with Crippen molar-refractivity contribution in [3.63, 3.8) is 0 Å². The molecule has 0 saturated heterocycles. The second-order valence-corrected chi connectivity index (χ2v) is 5.21. The van der Waals surface area contributed by atoms with Crippen molar-refractivity contribution in [3.05, 3.63) is 27.2 Å². The van der Waals surface area contributed by atoms with Crippen molar-refractivity contribution >= 4 is 26.8 Å². The Morgan fingerprint density at radius 2 is 2.12 bits per heavy atom. The SMILES string of the molecule is CN(C)CCn1cc2c(=O)n(C)cc(Br)c2n1. The van der Waals surface area contributed by atoms with Gasteiger partial charge in [0.2, 0.25) is 0 Å². The van der Waals surface area contributed by atoms with Crippen molar-refractivity contribution in [2.24, 2.45) is 7.05 Å². The number of pyridine rings is 1. The summed E-state index contributed by atoms with van der Waals surface area (Å²) in [4.78, 5) is 14.0. The molecule has 2 rings (SSSR count). The van der Waals surface area contributed by atoms with Gasteiger partial charge in [0.05, 0.1) is 16.4 Å². The minimum absolute atomic E-state index is 0.0145. The zero-order valence-corrected chi connectivity index (χ0v) is 11.7. The maximum absolute atomic E-state index is 11.9. The molecule has 2 heterocycles. The van der Waals surface area contributed by atoms with E-state index in [1.807, 2.05) is 25.0 Å². The topological polar surface area (TPSA) is 43.1 Å². The second kappa shape index (κ2) is 4.62. The molecule has 2 aromatic rings. The van der Waals surface area contributed by atoms with Crippen molar-refractivity contribution in [1.82, 2.24) is 19.2 Å². The van der Waals surface area contributed by atoms with E-state index < -0.39 is 0 Å². The third kappa shape index (κ3) is 2.42. The molecule has 0 aromatic carbocycles. The summed E-state index contributed by atoms with van der Waals surface area (Å²) in [7, 11) is 5.76. The molecular formula is C11H15BrN4O. The number of halogens is 1. The van der Waals surface area contributed by atoms with Gasteiger partial charge in [-0.15, -0.1) is 0 Å². The Kier molecular flexibility index (Phi) is 3.35. The van der Waals surface area contributed by atoms with Gasteiger partial charge in [0.15, 0.2) is 0 Å². The van der Waals surface area contributed by atoms with E-state index in [2.05, 4.69) is 25.9 Å². The fourth-order valence-electron chi connectivity index (χ4n) is 1.65. The molecule has 0 unspecified atom stereocenters. The first kappa shape index (κ1) is 12.3. The predicted octanol–water partition coefficient (Wildman–Crippen LogP) is 1.06. The van der Waals surface area contributed by atoms with E-state index in [0.717, 1.165) is 23.1 Å². The molecule has 0 amide bonds. The van der Waals surface area contributed by atoms with Gasteiger partial charge in [0.1, 0.15) is 5.52 Å². The van der Waals surface area contributed by atoms with Gasteiger partial charge in [-0.05, 0) is 30.0 Å². The molecule has 0 N–H and O–H groups in total. The van der Waals surface area contributed by atoms with Crippen LogP contribution in [-0.2, 0) is 13.6 Å². The number of aryl methyl sites for hydroxylation is 1. The van der Waals surface area contributed by atoms with Crippen LogP contribution in [-0.4, -0.2) is 39.9 Å². The number of rotatable bonds is 3. The maximum Gasteiger partial charge on any atom is 0.261 e. The molecule has 0 bridgehead atoms. The molecule has 2 aromatic heterocycles. The van der Waals surface area contributed by atoms with Gasteiger partial charge >= 0.3 is 0 Å². The van der Waals surface area contributed by atoms with Gasteiger partial charge < -0.3 is 9.47 Å². The molecule has 0 fully saturated rings. The van der Waals surface area contributed by atoms with Crippen LogP contribution in [0.4, 0.5) is 0 Å². The highest BCUT2D eigenvalue weighted by molar-refractivity contribution is 9.10. The van der Waals surface area contributed by atoms with Crippen LogP contribution in [0.5, 0.6) is 0 Å². The first-order valence-corrected chi connectivity index (χ1v) is 6.15. The van der Waals surface area contributed by atoms with Crippen LogP contribution in [0.15, 0.2) is 21.7 Å². The zero-order chi connectivity index (χ0) is 12.6. The molecule has 0 saturated carbocycles. The van der Waals surface area contributed by atoms with Crippen LogP contribution in [0.3, 0.4) is 0 Å². The molecule has 0 spiro atoms. The lowest BCUT2D eigenvalue weighted by Gasteiger charge is -2.08. The number of likely N-dealkylation sites (N-methyl/N-ethyl adjacent to an activating group) is 1. The molecule has 5 nitrogen and oxygen atoms in total. The van der Waals surface area contributed by atoms with E-state index >= 15 is 0 Å². The lowest BCUT2D eigenvalue weighted by Crippen LogP contribution is -2.18. The number of nitrogens with zero attached hydrogens (tertiary/aromatic N) is 4. The third-order valence-corrected chi connectivity index (χ3v) is 3.20. The quantitative estimate of drug-likeness (QED) is 0.851. The fraction of sp³-hybridized carbons (Fsp3) is 0.455. The Hall–Kier alpha value is -1.14. The van der Waals surface area contributed by atoms with Crippen LogP contribution in [0.25, 0.3) is 10.9 Å². The van der Waals surface area contributed by atoms with Crippen LogP contribution in [0, 0.1) is 0 Å². The first-order chi connectivity index (χ1) is 7.99. The minimum atomic E-state index is -0.0145. The summed E-state index contributed by atoms with van der Waals surface area (Å²) in [5, 5.41) is 5.07. The zero-order valence-electron chi connectivity index (χ0n) is 10.1. The van der Waals surface area contributed by atoms with Gasteiger partial charge in [-0.1, -0.05) is 0 Å². The number of hydrogen-bond acceptors (Lipinski definition) is 3. The fourth-order valence-corrected chi connectivity index (χ4v) is 2.25. The van der Waals surface area contributed by atoms with Crippen molar-refractivity contribution in [2.45, 2.75) is 6.54 Å². The lowest BCUT2D eigenvalue weighted by molar-refractivity contribution is 0.374. The van der Waals surface area contributed by atoms with E-state index in [1.54, 1.807) is 17.8 Å². The van der Waals surface area contributed by atoms with Crippen molar-refractivity contribution in [1.29, 1.82) is 0 Å². The largest absolute Gasteiger partial charge is 0.317 e. The monoisotopic (exact) mass is 298 g/mol. The normalized spacial score (nSPS) is 11.6. The molecule has 0 aliphatic carbocycles. The van der Waals surface area contributed by atoms with E-state index in [9.17, 15) is 4.79 Å². The Morgan fingerprint density at radius 3 is 2.76 bits per heavy atom. The molecular weight excluding hydrogens is 284 g/mol. The van der Waals surface area contributed by atoms with Gasteiger partial charge in [-0.2, -0.15) is 5.10 Å². The van der Waals surface area contributed by atoms with Crippen molar-refractivity contribution in [3.8, 4) is 0 Å². The van der Waals surface area contributed by atoms with Gasteiger partial charge in [0, 0.05) is 26.0 Å². The summed E-state index contributed by atoms with van der Waals surface area (Å²) in [5.41, 5.74) is 0.714. The third-order valence-electron chi connectivity index (χ3n) is 2.62. The maximum atomic E-state index is 11.9. The predicted molar refractivity (Wildman–Crippen MR) is 71.2 cm³/mol. The second-order valence-electron chi connectivity index (χ2n) is 4.35. The van der Waals surface area contributed by atoms with Crippen LogP contribution in [0.2, 0.25) is 0 Å². The average Bonchev–Trinajstić information content (AvgIpc) is 2.68. The summed E-state index contributed by atoms with van der Waals surface area (Å²) in [6, 6.07) is 0. The highest BCUT2D eigenvalue weighted by Gasteiger charge is 2.09. The summed E-state index contributed by atoms with van der Waals surface area (Å²) in [6.07, 6.45) is 3.56. The van der Waals surface area contributed by atoms with Crippen LogP contribution >= 0.6 is 15.9 Å². The average molecular weight is 299 g/mol. The molecule has 92 valence electrons. The molecule has 17 heavy (non-hydrogen) atoms. The Balaban J connectivity index is 2.46. The van der Waals surface area contributed by atoms with Gasteiger partial charge in [-0.25, -0.2) is 0 Å². The highest BCUT2D eigenvalue weighted by Crippen LogP contribution is 2.18. The number of fused-ring (bicyclic) bond motifs is 1. The van der Waals surface area contributed by atoms with Crippen molar-refractivity contribution < 1.29 is 0 Å². The highest BCUT2D eigenvalue weighted by atomic mass is 79.9. The molecule has 6 heteroatoms. The molecule has 0 atom stereocenters. The van der Waals surface area contributed by atoms with E-state index in [0.29, 0.717) is 5.39 Å². The van der Waals surface area contributed by atoms with E-state index in [1.165, 1.54) is 0 Å². The number of hydrogen-bond donors (Lipinski definition) is 0. The molecule has 0 aliphatic rings. The summed E-state index contributed by atoms with van der Waals surface area (Å²) < 4.78 is 4.22. The summed E-state index contributed by atoms with van der Waals surface area (Å²) in [6.45, 7) is 1.67. The Bertz CT molecular complexity index is 599. The van der Waals surface area contributed by atoms with Crippen LogP contribution < -0.4 is 5.56 Å². The van der Waals surface area contributed by atoms with E-state index in [4.69, 9.17) is 0 Å². The van der Waals surface area contributed by atoms with Gasteiger partial charge in [-0.3, -0.25) is 9.48 Å².